The predicted molar refractivity (Wildman–Crippen MR) is 109 cm³/mol. The maximum absolute atomic E-state index is 12.4. The Morgan fingerprint density at radius 3 is 2.36 bits per heavy atom. The average molecular weight is 388 g/mol. The van der Waals surface area contributed by atoms with Gasteiger partial charge in [-0.25, -0.2) is 9.59 Å². The Bertz CT molecular complexity index is 649. The van der Waals surface area contributed by atoms with E-state index < -0.39 is 5.97 Å². The lowest BCUT2D eigenvalue weighted by Gasteiger charge is -2.33. The van der Waals surface area contributed by atoms with E-state index in [1.165, 1.54) is 32.4 Å². The Labute approximate surface area is 167 Å². The van der Waals surface area contributed by atoms with Crippen molar-refractivity contribution in [3.05, 3.63) is 35.4 Å². The third kappa shape index (κ3) is 6.23. The van der Waals surface area contributed by atoms with Crippen LogP contribution in [-0.2, 0) is 6.54 Å². The molecule has 1 saturated heterocycles. The van der Waals surface area contributed by atoms with Gasteiger partial charge in [-0.15, -0.1) is 0 Å². The summed E-state index contributed by atoms with van der Waals surface area (Å²) in [6, 6.07) is 6.61. The van der Waals surface area contributed by atoms with Crippen LogP contribution in [0.5, 0.6) is 0 Å². The summed E-state index contributed by atoms with van der Waals surface area (Å²) < 4.78 is 0. The predicted octanol–water partition coefficient (Wildman–Crippen LogP) is 3.43. The number of nitrogens with zero attached hydrogens (tertiary/aromatic N) is 2. The second-order valence-electron chi connectivity index (χ2n) is 8.22. The highest BCUT2D eigenvalue weighted by Crippen LogP contribution is 2.30. The third-order valence-corrected chi connectivity index (χ3v) is 6.06. The van der Waals surface area contributed by atoms with Gasteiger partial charge in [-0.1, -0.05) is 19.1 Å². The highest BCUT2D eigenvalue weighted by atomic mass is 16.4. The summed E-state index contributed by atoms with van der Waals surface area (Å²) in [5.74, 6) is 0.736. The van der Waals surface area contributed by atoms with Crippen LogP contribution in [0.3, 0.4) is 0 Å². The first-order valence-electron chi connectivity index (χ1n) is 10.6. The molecule has 2 amide bonds. The molecule has 6 heteroatoms. The minimum Gasteiger partial charge on any atom is -0.478 e. The van der Waals surface area contributed by atoms with Crippen molar-refractivity contribution in [1.29, 1.82) is 0 Å². The molecule has 0 atom stereocenters. The summed E-state index contributed by atoms with van der Waals surface area (Å²) in [5, 5.41) is 11.9. The molecule has 3 rings (SSSR count). The molecule has 2 aliphatic rings. The van der Waals surface area contributed by atoms with Crippen LogP contribution in [0.4, 0.5) is 4.79 Å². The van der Waals surface area contributed by atoms with E-state index in [4.69, 9.17) is 5.11 Å². The first-order chi connectivity index (χ1) is 13.5. The SMILES string of the molecule is CCN(CCC1CCN(C(=O)NCc2ccc(C(=O)O)cc2)CC1)CC1CC1. The van der Waals surface area contributed by atoms with Crippen LogP contribution in [0, 0.1) is 11.8 Å². The largest absolute Gasteiger partial charge is 0.478 e. The molecule has 1 aliphatic carbocycles. The second-order valence-corrected chi connectivity index (χ2v) is 8.22. The van der Waals surface area contributed by atoms with Crippen LogP contribution >= 0.6 is 0 Å². The van der Waals surface area contributed by atoms with Gasteiger partial charge in [0.1, 0.15) is 0 Å². The first-order valence-corrected chi connectivity index (χ1v) is 10.6. The molecule has 0 bridgehead atoms. The number of nitrogens with one attached hydrogen (secondary N) is 1. The zero-order valence-electron chi connectivity index (χ0n) is 16.9. The van der Waals surface area contributed by atoms with Crippen molar-refractivity contribution >= 4 is 12.0 Å². The molecule has 1 heterocycles. The van der Waals surface area contributed by atoms with E-state index in [0.717, 1.165) is 49.9 Å². The number of likely N-dealkylation sites (tertiary alicyclic amines) is 1. The molecule has 1 aliphatic heterocycles. The van der Waals surface area contributed by atoms with E-state index in [1.807, 2.05) is 4.90 Å². The normalized spacial score (nSPS) is 17.7. The fraction of sp³-hybridized carbons (Fsp3) is 0.636. The van der Waals surface area contributed by atoms with E-state index in [-0.39, 0.29) is 11.6 Å². The van der Waals surface area contributed by atoms with Gasteiger partial charge >= 0.3 is 12.0 Å². The maximum atomic E-state index is 12.4. The van der Waals surface area contributed by atoms with Crippen LogP contribution in [0.1, 0.15) is 54.9 Å². The van der Waals surface area contributed by atoms with Gasteiger partial charge in [0.25, 0.3) is 0 Å². The van der Waals surface area contributed by atoms with Gasteiger partial charge in [0.2, 0.25) is 0 Å². The molecule has 1 aromatic rings. The zero-order valence-corrected chi connectivity index (χ0v) is 16.9. The Kier molecular flexibility index (Phi) is 7.31. The van der Waals surface area contributed by atoms with Crippen molar-refractivity contribution in [3.8, 4) is 0 Å². The number of aromatic carboxylic acids is 1. The van der Waals surface area contributed by atoms with Crippen molar-refractivity contribution in [3.63, 3.8) is 0 Å². The number of amides is 2. The van der Waals surface area contributed by atoms with Gasteiger partial charge in [-0.2, -0.15) is 0 Å². The monoisotopic (exact) mass is 387 g/mol. The summed E-state index contributed by atoms with van der Waals surface area (Å²) in [6.45, 7) is 7.93. The Morgan fingerprint density at radius 2 is 1.79 bits per heavy atom. The summed E-state index contributed by atoms with van der Waals surface area (Å²) in [7, 11) is 0. The average Bonchev–Trinajstić information content (AvgIpc) is 3.54. The van der Waals surface area contributed by atoms with Crippen molar-refractivity contribution in [2.75, 3.05) is 32.7 Å². The van der Waals surface area contributed by atoms with E-state index in [9.17, 15) is 9.59 Å². The van der Waals surface area contributed by atoms with Crippen molar-refractivity contribution in [2.24, 2.45) is 11.8 Å². The first kappa shape index (κ1) is 20.6. The molecule has 154 valence electrons. The molecule has 0 aromatic heterocycles. The number of carbonyl (C=O) groups is 2. The Hall–Kier alpha value is -2.08. The topological polar surface area (TPSA) is 72.9 Å². The van der Waals surface area contributed by atoms with E-state index in [2.05, 4.69) is 17.1 Å². The zero-order chi connectivity index (χ0) is 19.9. The standard InChI is InChI=1S/C22H33N3O3/c1-2-24(16-19-3-4-19)12-9-17-10-13-25(14-11-17)22(28)23-15-18-5-7-20(8-6-18)21(26)27/h5-8,17,19H,2-4,9-16H2,1H3,(H,23,28)(H,26,27). The molecule has 2 N–H and O–H groups in total. The molecule has 2 fully saturated rings. The van der Waals surface area contributed by atoms with Gasteiger partial charge in [-0.3, -0.25) is 0 Å². The van der Waals surface area contributed by atoms with Crippen molar-refractivity contribution in [2.45, 2.75) is 45.6 Å². The maximum Gasteiger partial charge on any atom is 0.335 e. The number of rotatable bonds is 9. The number of piperidine rings is 1. The van der Waals surface area contributed by atoms with Crippen LogP contribution in [-0.4, -0.2) is 59.6 Å². The van der Waals surface area contributed by atoms with Gasteiger partial charge < -0.3 is 20.2 Å². The number of hydrogen-bond donors (Lipinski definition) is 2. The molecule has 0 spiro atoms. The molecule has 0 radical (unpaired) electrons. The van der Waals surface area contributed by atoms with E-state index in [1.54, 1.807) is 24.3 Å². The number of hydrogen-bond acceptors (Lipinski definition) is 3. The Morgan fingerprint density at radius 1 is 1.11 bits per heavy atom. The van der Waals surface area contributed by atoms with Crippen LogP contribution in [0.15, 0.2) is 24.3 Å². The number of carboxylic acid groups (broad SMARTS) is 1. The smallest absolute Gasteiger partial charge is 0.335 e. The highest BCUT2D eigenvalue weighted by molar-refractivity contribution is 5.87. The minimum absolute atomic E-state index is 0.0234. The summed E-state index contributed by atoms with van der Waals surface area (Å²) in [5.41, 5.74) is 1.17. The number of carboxylic acids is 1. The quantitative estimate of drug-likeness (QED) is 0.681. The second kappa shape index (κ2) is 9.92. The molecule has 0 unspecified atom stereocenters. The molecule has 1 aromatic carbocycles. The minimum atomic E-state index is -0.937. The summed E-state index contributed by atoms with van der Waals surface area (Å²) in [4.78, 5) is 27.8. The van der Waals surface area contributed by atoms with Crippen LogP contribution in [0.2, 0.25) is 0 Å². The lowest BCUT2D eigenvalue weighted by atomic mass is 9.93. The summed E-state index contributed by atoms with van der Waals surface area (Å²) in [6.07, 6.45) is 6.23. The number of carbonyl (C=O) groups excluding carboxylic acids is 1. The van der Waals surface area contributed by atoms with Crippen LogP contribution < -0.4 is 5.32 Å². The van der Waals surface area contributed by atoms with Crippen LogP contribution in [0.25, 0.3) is 0 Å². The Balaban J connectivity index is 1.34. The van der Waals surface area contributed by atoms with Crippen molar-refractivity contribution < 1.29 is 14.7 Å². The molecule has 1 saturated carbocycles. The molecule has 28 heavy (non-hydrogen) atoms. The van der Waals surface area contributed by atoms with Gasteiger partial charge in [0, 0.05) is 26.2 Å². The molecular formula is C22H33N3O3. The lowest BCUT2D eigenvalue weighted by molar-refractivity contribution is 0.0697. The highest BCUT2D eigenvalue weighted by Gasteiger charge is 2.25. The summed E-state index contributed by atoms with van der Waals surface area (Å²) >= 11 is 0. The van der Waals surface area contributed by atoms with Gasteiger partial charge in [0.15, 0.2) is 0 Å². The number of urea groups is 1. The molecular weight excluding hydrogens is 354 g/mol. The fourth-order valence-electron chi connectivity index (χ4n) is 3.89. The lowest BCUT2D eigenvalue weighted by Crippen LogP contribution is -2.44. The van der Waals surface area contributed by atoms with Crippen molar-refractivity contribution in [1.82, 2.24) is 15.1 Å². The fourth-order valence-corrected chi connectivity index (χ4v) is 3.89. The van der Waals surface area contributed by atoms with E-state index >= 15 is 0 Å². The van der Waals surface area contributed by atoms with Gasteiger partial charge in [-0.05, 0) is 74.7 Å². The van der Waals surface area contributed by atoms with Gasteiger partial charge in [0.05, 0.1) is 5.56 Å². The van der Waals surface area contributed by atoms with E-state index in [0.29, 0.717) is 6.54 Å². The third-order valence-electron chi connectivity index (χ3n) is 6.06. The number of benzene rings is 1. The molecule has 6 nitrogen and oxygen atoms in total.